The van der Waals surface area contributed by atoms with Crippen LogP contribution in [0.4, 0.5) is 0 Å². The second-order valence-corrected chi connectivity index (χ2v) is 5.45. The van der Waals surface area contributed by atoms with Crippen molar-refractivity contribution >= 4 is 11.6 Å². The van der Waals surface area contributed by atoms with Crippen LogP contribution in [0, 0.1) is 5.92 Å². The summed E-state index contributed by atoms with van der Waals surface area (Å²) < 4.78 is 0. The molecule has 2 N–H and O–H groups in total. The van der Waals surface area contributed by atoms with Gasteiger partial charge in [-0.2, -0.15) is 0 Å². The second kappa shape index (κ2) is 5.34. The van der Waals surface area contributed by atoms with Crippen LogP contribution in [0.2, 0.25) is 5.02 Å². The van der Waals surface area contributed by atoms with Crippen molar-refractivity contribution in [1.82, 2.24) is 10.3 Å². The molecule has 0 spiro atoms. The Bertz CT molecular complexity index is 375. The van der Waals surface area contributed by atoms with Gasteiger partial charge in [0.25, 0.3) is 0 Å². The number of rotatable bonds is 3. The molecule has 94 valence electrons. The minimum absolute atomic E-state index is 0.292. The monoisotopic (exact) mass is 254 g/mol. The summed E-state index contributed by atoms with van der Waals surface area (Å²) >= 11 is 6.08. The number of aliphatic hydroxyl groups is 1. The molecular formula is C13H19ClN2O. The van der Waals surface area contributed by atoms with Gasteiger partial charge >= 0.3 is 0 Å². The average molecular weight is 255 g/mol. The van der Waals surface area contributed by atoms with Crippen molar-refractivity contribution in [2.24, 2.45) is 5.92 Å². The molecule has 2 atom stereocenters. The van der Waals surface area contributed by atoms with E-state index in [1.54, 1.807) is 12.4 Å². The fourth-order valence-electron chi connectivity index (χ4n) is 2.46. The van der Waals surface area contributed by atoms with Gasteiger partial charge in [-0.15, -0.1) is 0 Å². The highest BCUT2D eigenvalue weighted by Crippen LogP contribution is 2.29. The molecule has 2 rings (SSSR count). The van der Waals surface area contributed by atoms with Crippen molar-refractivity contribution in [3.63, 3.8) is 0 Å². The lowest BCUT2D eigenvalue weighted by Gasteiger charge is -2.36. The van der Waals surface area contributed by atoms with E-state index in [0.717, 1.165) is 31.5 Å². The fraction of sp³-hybridized carbons (Fsp3) is 0.615. The molecule has 4 heteroatoms. The van der Waals surface area contributed by atoms with Gasteiger partial charge in [0.1, 0.15) is 0 Å². The zero-order valence-electron chi connectivity index (χ0n) is 10.1. The summed E-state index contributed by atoms with van der Waals surface area (Å²) in [4.78, 5) is 3.96. The third kappa shape index (κ3) is 3.18. The molecule has 0 amide bonds. The van der Waals surface area contributed by atoms with Crippen LogP contribution < -0.4 is 5.32 Å². The van der Waals surface area contributed by atoms with Gasteiger partial charge in [-0.25, -0.2) is 0 Å². The van der Waals surface area contributed by atoms with Crippen LogP contribution in [0.15, 0.2) is 18.5 Å². The number of pyridine rings is 1. The minimum atomic E-state index is -0.710. The first-order chi connectivity index (χ1) is 8.09. The Balaban J connectivity index is 2.08. The molecule has 2 heterocycles. The molecule has 0 bridgehead atoms. The van der Waals surface area contributed by atoms with Crippen LogP contribution in [0.3, 0.4) is 0 Å². The summed E-state index contributed by atoms with van der Waals surface area (Å²) in [6.07, 6.45) is 6.14. The normalized spacial score (nSPS) is 24.3. The van der Waals surface area contributed by atoms with E-state index in [1.165, 1.54) is 0 Å². The molecular weight excluding hydrogens is 236 g/mol. The van der Waals surface area contributed by atoms with Crippen molar-refractivity contribution in [2.45, 2.75) is 31.8 Å². The third-order valence-corrected chi connectivity index (χ3v) is 3.92. The molecule has 0 saturated carbocycles. The van der Waals surface area contributed by atoms with E-state index in [0.29, 0.717) is 17.4 Å². The maximum atomic E-state index is 10.6. The highest BCUT2D eigenvalue weighted by atomic mass is 35.5. The van der Waals surface area contributed by atoms with Crippen LogP contribution in [0.5, 0.6) is 0 Å². The van der Waals surface area contributed by atoms with Crippen LogP contribution in [-0.2, 0) is 6.42 Å². The first kappa shape index (κ1) is 12.8. The lowest BCUT2D eigenvalue weighted by Crippen LogP contribution is -2.45. The lowest BCUT2D eigenvalue weighted by molar-refractivity contribution is -0.0102. The number of piperidine rings is 1. The SMILES string of the molecule is CC(O)(Cc1ccncc1Cl)C1CCCNC1. The van der Waals surface area contributed by atoms with Crippen LogP contribution >= 0.6 is 11.6 Å². The van der Waals surface area contributed by atoms with E-state index in [4.69, 9.17) is 11.6 Å². The van der Waals surface area contributed by atoms with Gasteiger partial charge in [-0.1, -0.05) is 11.6 Å². The van der Waals surface area contributed by atoms with E-state index in [9.17, 15) is 5.11 Å². The molecule has 1 aromatic rings. The quantitative estimate of drug-likeness (QED) is 0.868. The van der Waals surface area contributed by atoms with Gasteiger partial charge < -0.3 is 10.4 Å². The number of halogens is 1. The molecule has 0 aliphatic carbocycles. The molecule has 1 saturated heterocycles. The number of hydrogen-bond donors (Lipinski definition) is 2. The van der Waals surface area contributed by atoms with Gasteiger partial charge in [-0.05, 0) is 37.9 Å². The number of aromatic nitrogens is 1. The summed E-state index contributed by atoms with van der Waals surface area (Å²) in [5, 5.41) is 14.6. The summed E-state index contributed by atoms with van der Waals surface area (Å²) in [6.45, 7) is 3.85. The molecule has 0 radical (unpaired) electrons. The molecule has 1 aromatic heterocycles. The Hall–Kier alpha value is -0.640. The molecule has 1 fully saturated rings. The summed E-state index contributed by atoms with van der Waals surface area (Å²) in [6, 6.07) is 1.88. The second-order valence-electron chi connectivity index (χ2n) is 5.04. The highest BCUT2D eigenvalue weighted by molar-refractivity contribution is 6.31. The Kier molecular flexibility index (Phi) is 4.02. The van der Waals surface area contributed by atoms with E-state index in [2.05, 4.69) is 10.3 Å². The zero-order valence-corrected chi connectivity index (χ0v) is 10.9. The maximum absolute atomic E-state index is 10.6. The van der Waals surface area contributed by atoms with Gasteiger partial charge in [0.2, 0.25) is 0 Å². The summed E-state index contributed by atoms with van der Waals surface area (Å²) in [5.74, 6) is 0.292. The highest BCUT2D eigenvalue weighted by Gasteiger charge is 2.33. The standard InChI is InChI=1S/C13H19ClN2O/c1-13(17,11-3-2-5-15-8-11)7-10-4-6-16-9-12(10)14/h4,6,9,11,15,17H,2-3,5,7-8H2,1H3. The van der Waals surface area contributed by atoms with Crippen molar-refractivity contribution in [3.05, 3.63) is 29.0 Å². The molecule has 1 aliphatic rings. The largest absolute Gasteiger partial charge is 0.389 e. The van der Waals surface area contributed by atoms with Crippen molar-refractivity contribution in [1.29, 1.82) is 0 Å². The Morgan fingerprint density at radius 2 is 2.47 bits per heavy atom. The predicted molar refractivity (Wildman–Crippen MR) is 69.2 cm³/mol. The van der Waals surface area contributed by atoms with E-state index < -0.39 is 5.60 Å². The van der Waals surface area contributed by atoms with Gasteiger partial charge in [-0.3, -0.25) is 4.98 Å². The van der Waals surface area contributed by atoms with E-state index in [1.807, 2.05) is 13.0 Å². The fourth-order valence-corrected chi connectivity index (χ4v) is 2.65. The van der Waals surface area contributed by atoms with Crippen LogP contribution in [0.25, 0.3) is 0 Å². The minimum Gasteiger partial charge on any atom is -0.389 e. The Morgan fingerprint density at radius 3 is 3.12 bits per heavy atom. The molecule has 3 nitrogen and oxygen atoms in total. The van der Waals surface area contributed by atoms with Crippen LogP contribution in [0.1, 0.15) is 25.3 Å². The average Bonchev–Trinajstić information content (AvgIpc) is 2.33. The molecule has 2 unspecified atom stereocenters. The summed E-state index contributed by atoms with van der Waals surface area (Å²) in [7, 11) is 0. The Labute approximate surface area is 107 Å². The molecule has 1 aliphatic heterocycles. The van der Waals surface area contributed by atoms with Crippen molar-refractivity contribution < 1.29 is 5.11 Å². The predicted octanol–water partition coefficient (Wildman–Crippen LogP) is 2.03. The first-order valence-electron chi connectivity index (χ1n) is 6.11. The Morgan fingerprint density at radius 1 is 1.65 bits per heavy atom. The lowest BCUT2D eigenvalue weighted by atomic mass is 9.80. The van der Waals surface area contributed by atoms with Gasteiger partial charge in [0, 0.05) is 31.3 Å². The first-order valence-corrected chi connectivity index (χ1v) is 6.49. The zero-order chi connectivity index (χ0) is 12.3. The smallest absolute Gasteiger partial charge is 0.0700 e. The van der Waals surface area contributed by atoms with Crippen LogP contribution in [-0.4, -0.2) is 28.8 Å². The van der Waals surface area contributed by atoms with Gasteiger partial charge in [0.05, 0.1) is 10.6 Å². The van der Waals surface area contributed by atoms with Crippen molar-refractivity contribution in [3.8, 4) is 0 Å². The number of nitrogens with zero attached hydrogens (tertiary/aromatic N) is 1. The molecule has 0 aromatic carbocycles. The third-order valence-electron chi connectivity index (χ3n) is 3.58. The maximum Gasteiger partial charge on any atom is 0.0700 e. The van der Waals surface area contributed by atoms with E-state index in [-0.39, 0.29) is 0 Å². The van der Waals surface area contributed by atoms with Gasteiger partial charge in [0.15, 0.2) is 0 Å². The summed E-state index contributed by atoms with van der Waals surface area (Å²) in [5.41, 5.74) is 0.260. The number of hydrogen-bond acceptors (Lipinski definition) is 3. The molecule has 17 heavy (non-hydrogen) atoms. The van der Waals surface area contributed by atoms with Crippen molar-refractivity contribution in [2.75, 3.05) is 13.1 Å². The number of nitrogens with one attached hydrogen (secondary N) is 1. The topological polar surface area (TPSA) is 45.2 Å². The van der Waals surface area contributed by atoms with E-state index >= 15 is 0 Å².